The number of morpholine rings is 1. The summed E-state index contributed by atoms with van der Waals surface area (Å²) >= 11 is 0. The van der Waals surface area contributed by atoms with Gasteiger partial charge in [-0.05, 0) is 17.7 Å². The molecule has 1 aliphatic heterocycles. The van der Waals surface area contributed by atoms with Crippen molar-refractivity contribution < 1.29 is 9.53 Å². The van der Waals surface area contributed by atoms with Gasteiger partial charge >= 0.3 is 0 Å². The van der Waals surface area contributed by atoms with E-state index in [0.717, 1.165) is 6.42 Å². The van der Waals surface area contributed by atoms with Crippen molar-refractivity contribution in [3.63, 3.8) is 0 Å². The van der Waals surface area contributed by atoms with Gasteiger partial charge in [0, 0.05) is 31.9 Å². The molecule has 21 heavy (non-hydrogen) atoms. The second kappa shape index (κ2) is 6.50. The molecule has 1 atom stereocenters. The zero-order valence-corrected chi connectivity index (χ0v) is 11.8. The lowest BCUT2D eigenvalue weighted by Crippen LogP contribution is -2.46. The van der Waals surface area contributed by atoms with Crippen molar-refractivity contribution in [3.05, 3.63) is 66.0 Å². The minimum Gasteiger partial charge on any atom is -0.374 e. The van der Waals surface area contributed by atoms with Crippen LogP contribution >= 0.6 is 0 Å². The van der Waals surface area contributed by atoms with Crippen LogP contribution in [0.25, 0.3) is 0 Å². The van der Waals surface area contributed by atoms with Crippen molar-refractivity contribution in [1.29, 1.82) is 0 Å². The van der Waals surface area contributed by atoms with E-state index in [1.165, 1.54) is 5.56 Å². The third-order valence-electron chi connectivity index (χ3n) is 3.64. The number of aromatic nitrogens is 1. The molecule has 0 aliphatic carbocycles. The van der Waals surface area contributed by atoms with Crippen LogP contribution in [0.15, 0.2) is 54.9 Å². The van der Waals surface area contributed by atoms with Gasteiger partial charge in [0.15, 0.2) is 0 Å². The standard InChI is InChI=1S/C17H18N2O2/c20-17(15-7-4-8-18-12-15)19-9-10-21-16(13-19)11-14-5-2-1-3-6-14/h1-8,12,16H,9-11,13H2. The largest absolute Gasteiger partial charge is 0.374 e. The van der Waals surface area contributed by atoms with E-state index in [1.807, 2.05) is 23.1 Å². The van der Waals surface area contributed by atoms with Crippen LogP contribution in [0.4, 0.5) is 0 Å². The molecule has 1 unspecified atom stereocenters. The second-order valence-corrected chi connectivity index (χ2v) is 5.18. The second-order valence-electron chi connectivity index (χ2n) is 5.18. The number of ether oxygens (including phenoxy) is 1. The van der Waals surface area contributed by atoms with E-state index in [9.17, 15) is 4.79 Å². The summed E-state index contributed by atoms with van der Waals surface area (Å²) < 4.78 is 5.79. The number of pyridine rings is 1. The van der Waals surface area contributed by atoms with E-state index in [4.69, 9.17) is 4.74 Å². The summed E-state index contributed by atoms with van der Waals surface area (Å²) in [5.74, 6) is 0.0319. The average Bonchev–Trinajstić information content (AvgIpc) is 2.56. The van der Waals surface area contributed by atoms with Crippen molar-refractivity contribution in [2.75, 3.05) is 19.7 Å². The molecular formula is C17H18N2O2. The first-order chi connectivity index (χ1) is 10.3. The Morgan fingerprint density at radius 3 is 2.86 bits per heavy atom. The fourth-order valence-corrected chi connectivity index (χ4v) is 2.58. The molecule has 2 aromatic rings. The van der Waals surface area contributed by atoms with Crippen molar-refractivity contribution in [2.45, 2.75) is 12.5 Å². The third-order valence-corrected chi connectivity index (χ3v) is 3.64. The molecule has 3 rings (SSSR count). The van der Waals surface area contributed by atoms with E-state index in [-0.39, 0.29) is 12.0 Å². The van der Waals surface area contributed by atoms with Gasteiger partial charge in [0.25, 0.3) is 5.91 Å². The predicted molar refractivity (Wildman–Crippen MR) is 80.0 cm³/mol. The van der Waals surface area contributed by atoms with Crippen LogP contribution in [0.2, 0.25) is 0 Å². The van der Waals surface area contributed by atoms with Crippen LogP contribution in [0.1, 0.15) is 15.9 Å². The first kappa shape index (κ1) is 13.8. The number of hydrogen-bond donors (Lipinski definition) is 0. The van der Waals surface area contributed by atoms with Gasteiger partial charge in [-0.2, -0.15) is 0 Å². The van der Waals surface area contributed by atoms with E-state index in [1.54, 1.807) is 24.5 Å². The lowest BCUT2D eigenvalue weighted by Gasteiger charge is -2.33. The molecule has 1 aromatic carbocycles. The van der Waals surface area contributed by atoms with Gasteiger partial charge in [-0.1, -0.05) is 30.3 Å². The van der Waals surface area contributed by atoms with E-state index in [0.29, 0.717) is 25.3 Å². The van der Waals surface area contributed by atoms with Gasteiger partial charge < -0.3 is 9.64 Å². The third kappa shape index (κ3) is 3.47. The van der Waals surface area contributed by atoms with Crippen LogP contribution in [-0.4, -0.2) is 41.6 Å². The predicted octanol–water partition coefficient (Wildman–Crippen LogP) is 2.17. The van der Waals surface area contributed by atoms with Gasteiger partial charge in [-0.15, -0.1) is 0 Å². The molecule has 1 aromatic heterocycles. The first-order valence-electron chi connectivity index (χ1n) is 7.18. The van der Waals surface area contributed by atoms with Crippen LogP contribution < -0.4 is 0 Å². The molecule has 0 saturated carbocycles. The number of rotatable bonds is 3. The molecule has 0 bridgehead atoms. The van der Waals surface area contributed by atoms with Crippen LogP contribution in [-0.2, 0) is 11.2 Å². The maximum Gasteiger partial charge on any atom is 0.255 e. The zero-order valence-electron chi connectivity index (χ0n) is 11.8. The number of carbonyl (C=O) groups excluding carboxylic acids is 1. The Bertz CT molecular complexity index is 586. The Labute approximate surface area is 124 Å². The quantitative estimate of drug-likeness (QED) is 0.866. The molecular weight excluding hydrogens is 264 g/mol. The number of benzene rings is 1. The van der Waals surface area contributed by atoms with Gasteiger partial charge in [-0.3, -0.25) is 9.78 Å². The summed E-state index contributed by atoms with van der Waals surface area (Å²) in [4.78, 5) is 18.3. The monoisotopic (exact) mass is 282 g/mol. The summed E-state index contributed by atoms with van der Waals surface area (Å²) in [7, 11) is 0. The Kier molecular flexibility index (Phi) is 4.26. The molecule has 1 aliphatic rings. The molecule has 2 heterocycles. The molecule has 108 valence electrons. The Morgan fingerprint density at radius 2 is 2.10 bits per heavy atom. The topological polar surface area (TPSA) is 42.4 Å². The SMILES string of the molecule is O=C(c1cccnc1)N1CCOC(Cc2ccccc2)C1. The zero-order chi connectivity index (χ0) is 14.5. The van der Waals surface area contributed by atoms with Gasteiger partial charge in [0.2, 0.25) is 0 Å². The van der Waals surface area contributed by atoms with Crippen molar-refractivity contribution in [2.24, 2.45) is 0 Å². The number of nitrogens with zero attached hydrogens (tertiary/aromatic N) is 2. The highest BCUT2D eigenvalue weighted by Gasteiger charge is 2.25. The summed E-state index contributed by atoms with van der Waals surface area (Å²) in [6.07, 6.45) is 4.18. The lowest BCUT2D eigenvalue weighted by molar-refractivity contribution is -0.0208. The average molecular weight is 282 g/mol. The smallest absolute Gasteiger partial charge is 0.255 e. The highest BCUT2D eigenvalue weighted by Crippen LogP contribution is 2.14. The van der Waals surface area contributed by atoms with Crippen molar-refractivity contribution in [1.82, 2.24) is 9.88 Å². The van der Waals surface area contributed by atoms with Gasteiger partial charge in [-0.25, -0.2) is 0 Å². The fourth-order valence-electron chi connectivity index (χ4n) is 2.58. The van der Waals surface area contributed by atoms with E-state index in [2.05, 4.69) is 17.1 Å². The van der Waals surface area contributed by atoms with Crippen LogP contribution in [0.3, 0.4) is 0 Å². The number of carbonyl (C=O) groups is 1. The number of amides is 1. The Hall–Kier alpha value is -2.20. The maximum atomic E-state index is 12.4. The van der Waals surface area contributed by atoms with Crippen LogP contribution in [0.5, 0.6) is 0 Å². The molecule has 4 heteroatoms. The van der Waals surface area contributed by atoms with E-state index < -0.39 is 0 Å². The summed E-state index contributed by atoms with van der Waals surface area (Å²) in [5, 5.41) is 0. The highest BCUT2D eigenvalue weighted by atomic mass is 16.5. The molecule has 0 N–H and O–H groups in total. The minimum atomic E-state index is 0.0319. The summed E-state index contributed by atoms with van der Waals surface area (Å²) in [6, 6.07) is 13.8. The summed E-state index contributed by atoms with van der Waals surface area (Å²) in [5.41, 5.74) is 1.87. The lowest BCUT2D eigenvalue weighted by atomic mass is 10.1. The molecule has 0 radical (unpaired) electrons. The maximum absolute atomic E-state index is 12.4. The number of hydrogen-bond acceptors (Lipinski definition) is 3. The van der Waals surface area contributed by atoms with Crippen LogP contribution in [0, 0.1) is 0 Å². The van der Waals surface area contributed by atoms with Crippen molar-refractivity contribution in [3.8, 4) is 0 Å². The van der Waals surface area contributed by atoms with E-state index >= 15 is 0 Å². The molecule has 4 nitrogen and oxygen atoms in total. The Morgan fingerprint density at radius 1 is 1.24 bits per heavy atom. The normalized spacial score (nSPS) is 18.5. The fraction of sp³-hybridized carbons (Fsp3) is 0.294. The molecule has 1 amide bonds. The van der Waals surface area contributed by atoms with Crippen molar-refractivity contribution >= 4 is 5.91 Å². The Balaban J connectivity index is 1.64. The van der Waals surface area contributed by atoms with Gasteiger partial charge in [0.05, 0.1) is 18.3 Å². The summed E-state index contributed by atoms with van der Waals surface area (Å²) in [6.45, 7) is 1.85. The minimum absolute atomic E-state index is 0.0319. The molecule has 1 saturated heterocycles. The highest BCUT2D eigenvalue weighted by molar-refractivity contribution is 5.93. The molecule has 0 spiro atoms. The van der Waals surface area contributed by atoms with Gasteiger partial charge in [0.1, 0.15) is 0 Å². The first-order valence-corrected chi connectivity index (χ1v) is 7.18. The molecule has 1 fully saturated rings.